The van der Waals surface area contributed by atoms with Gasteiger partial charge >= 0.3 is 0 Å². The molecule has 0 unspecified atom stereocenters. The monoisotopic (exact) mass is 386 g/mol. The summed E-state index contributed by atoms with van der Waals surface area (Å²) in [5.74, 6) is -0.282. The third-order valence-electron chi connectivity index (χ3n) is 5.27. The van der Waals surface area contributed by atoms with Crippen LogP contribution in [0.1, 0.15) is 52.6 Å². The molecule has 0 spiro atoms. The van der Waals surface area contributed by atoms with E-state index in [0.29, 0.717) is 25.1 Å². The number of amides is 1. The van der Waals surface area contributed by atoms with Crippen LogP contribution in [-0.2, 0) is 28.9 Å². The zero-order valence-corrected chi connectivity index (χ0v) is 16.7. The molecule has 2 aromatic rings. The number of nitrogens with one attached hydrogen (secondary N) is 1. The number of aromatic nitrogens is 1. The van der Waals surface area contributed by atoms with Gasteiger partial charge in [-0.3, -0.25) is 9.59 Å². The molecule has 0 radical (unpaired) electrons. The van der Waals surface area contributed by atoms with Crippen molar-refractivity contribution in [3.63, 3.8) is 0 Å². The molecule has 5 nitrogen and oxygen atoms in total. The lowest BCUT2D eigenvalue weighted by Gasteiger charge is -2.16. The van der Waals surface area contributed by atoms with Gasteiger partial charge in [0.1, 0.15) is 5.82 Å². The van der Waals surface area contributed by atoms with Crippen LogP contribution in [0.25, 0.3) is 0 Å². The fourth-order valence-electron chi connectivity index (χ4n) is 3.97. The Morgan fingerprint density at radius 3 is 2.68 bits per heavy atom. The van der Waals surface area contributed by atoms with Crippen molar-refractivity contribution in [2.45, 2.75) is 52.1 Å². The first kappa shape index (κ1) is 20.3. The minimum Gasteiger partial charge on any atom is -0.383 e. The highest BCUT2D eigenvalue weighted by Gasteiger charge is 2.29. The Kier molecular flexibility index (Phi) is 6.29. The van der Waals surface area contributed by atoms with Gasteiger partial charge in [0, 0.05) is 43.1 Å². The van der Waals surface area contributed by atoms with Crippen LogP contribution in [0.4, 0.5) is 4.39 Å². The van der Waals surface area contributed by atoms with Crippen molar-refractivity contribution in [1.82, 2.24) is 9.88 Å². The fourth-order valence-corrected chi connectivity index (χ4v) is 3.97. The molecule has 0 saturated heterocycles. The van der Waals surface area contributed by atoms with Crippen LogP contribution in [0.2, 0.25) is 0 Å². The largest absolute Gasteiger partial charge is 0.383 e. The highest BCUT2D eigenvalue weighted by atomic mass is 19.1. The first-order valence-corrected chi connectivity index (χ1v) is 9.67. The van der Waals surface area contributed by atoms with Gasteiger partial charge in [-0.15, -0.1) is 0 Å². The summed E-state index contributed by atoms with van der Waals surface area (Å²) in [7, 11) is 1.59. The van der Waals surface area contributed by atoms with Crippen molar-refractivity contribution in [3.05, 3.63) is 58.2 Å². The number of carbonyl (C=O) groups excluding carboxylic acids is 2. The van der Waals surface area contributed by atoms with E-state index in [1.807, 2.05) is 13.8 Å². The number of carbonyl (C=O) groups is 2. The van der Waals surface area contributed by atoms with E-state index in [4.69, 9.17) is 4.74 Å². The first-order chi connectivity index (χ1) is 13.4. The maximum atomic E-state index is 13.2. The molecule has 3 rings (SSSR count). The number of ketones is 1. The van der Waals surface area contributed by atoms with E-state index in [2.05, 4.69) is 9.88 Å². The summed E-state index contributed by atoms with van der Waals surface area (Å²) < 4.78 is 20.4. The molecule has 1 aromatic carbocycles. The molecule has 0 bridgehead atoms. The average molecular weight is 386 g/mol. The molecule has 1 aliphatic carbocycles. The topological polar surface area (TPSA) is 60.3 Å². The quantitative estimate of drug-likeness (QED) is 0.795. The SMILES string of the molecule is COC[C@@H](C)NC(=O)Cc1c2c(n(Cc3ccc(F)cc3)c1C)CCCC2=O. The van der Waals surface area contributed by atoms with Gasteiger partial charge in [0.05, 0.1) is 13.0 Å². The van der Waals surface area contributed by atoms with Gasteiger partial charge in [-0.1, -0.05) is 12.1 Å². The standard InChI is InChI=1S/C22H27FN2O3/c1-14(13-28-3)24-21(27)11-18-15(2)25(12-16-7-9-17(23)10-8-16)19-5-4-6-20(26)22(18)19/h7-10,14H,4-6,11-13H2,1-3H3,(H,24,27)/t14-/m1/s1. The normalized spacial score (nSPS) is 14.6. The molecule has 0 fully saturated rings. The molecule has 1 heterocycles. The highest BCUT2D eigenvalue weighted by molar-refractivity contribution is 6.01. The Morgan fingerprint density at radius 1 is 1.29 bits per heavy atom. The molecule has 1 N–H and O–H groups in total. The molecule has 1 aliphatic rings. The minimum absolute atomic E-state index is 0.0920. The molecule has 0 saturated carbocycles. The van der Waals surface area contributed by atoms with Crippen LogP contribution in [0.3, 0.4) is 0 Å². The third kappa shape index (κ3) is 4.33. The summed E-state index contributed by atoms with van der Waals surface area (Å²) in [5, 5.41) is 2.92. The van der Waals surface area contributed by atoms with Crippen molar-refractivity contribution in [3.8, 4) is 0 Å². The van der Waals surface area contributed by atoms with Crippen LogP contribution in [0.5, 0.6) is 0 Å². The van der Waals surface area contributed by atoms with Crippen molar-refractivity contribution in [2.75, 3.05) is 13.7 Å². The maximum Gasteiger partial charge on any atom is 0.224 e. The van der Waals surface area contributed by atoms with Gasteiger partial charge in [-0.25, -0.2) is 4.39 Å². The smallest absolute Gasteiger partial charge is 0.224 e. The number of ether oxygens (including phenoxy) is 1. The predicted octanol–water partition coefficient (Wildman–Crippen LogP) is 3.20. The Labute approximate surface area is 164 Å². The van der Waals surface area contributed by atoms with E-state index in [-0.39, 0.29) is 30.0 Å². The molecular weight excluding hydrogens is 359 g/mol. The number of rotatable bonds is 7. The third-order valence-corrected chi connectivity index (χ3v) is 5.27. The Balaban J connectivity index is 1.91. The second-order valence-corrected chi connectivity index (χ2v) is 7.48. The summed E-state index contributed by atoms with van der Waals surface area (Å²) in [6.45, 7) is 4.83. The van der Waals surface area contributed by atoms with Crippen molar-refractivity contribution in [2.24, 2.45) is 0 Å². The van der Waals surface area contributed by atoms with Crippen LogP contribution < -0.4 is 5.32 Å². The molecule has 6 heteroatoms. The lowest BCUT2D eigenvalue weighted by Crippen LogP contribution is -2.36. The Morgan fingerprint density at radius 2 is 2.00 bits per heavy atom. The van der Waals surface area contributed by atoms with Gasteiger partial charge in [-0.05, 0) is 49.9 Å². The number of hydrogen-bond acceptors (Lipinski definition) is 3. The van der Waals surface area contributed by atoms with E-state index in [1.54, 1.807) is 19.2 Å². The Bertz CT molecular complexity index is 871. The van der Waals surface area contributed by atoms with Gasteiger partial charge in [-0.2, -0.15) is 0 Å². The number of nitrogens with zero attached hydrogens (tertiary/aromatic N) is 1. The zero-order valence-electron chi connectivity index (χ0n) is 16.7. The minimum atomic E-state index is -0.271. The predicted molar refractivity (Wildman–Crippen MR) is 105 cm³/mol. The van der Waals surface area contributed by atoms with E-state index >= 15 is 0 Å². The second-order valence-electron chi connectivity index (χ2n) is 7.48. The van der Waals surface area contributed by atoms with Gasteiger partial charge in [0.2, 0.25) is 5.91 Å². The summed E-state index contributed by atoms with van der Waals surface area (Å²) >= 11 is 0. The number of benzene rings is 1. The zero-order chi connectivity index (χ0) is 20.3. The maximum absolute atomic E-state index is 13.2. The lowest BCUT2D eigenvalue weighted by atomic mass is 9.92. The molecule has 28 heavy (non-hydrogen) atoms. The van der Waals surface area contributed by atoms with Crippen LogP contribution >= 0.6 is 0 Å². The van der Waals surface area contributed by atoms with E-state index in [1.165, 1.54) is 12.1 Å². The van der Waals surface area contributed by atoms with Gasteiger partial charge < -0.3 is 14.6 Å². The van der Waals surface area contributed by atoms with Crippen molar-refractivity contribution in [1.29, 1.82) is 0 Å². The highest BCUT2D eigenvalue weighted by Crippen LogP contribution is 2.31. The van der Waals surface area contributed by atoms with Crippen molar-refractivity contribution < 1.29 is 18.7 Å². The molecule has 0 aliphatic heterocycles. The molecule has 1 amide bonds. The van der Waals surface area contributed by atoms with E-state index < -0.39 is 0 Å². The summed E-state index contributed by atoms with van der Waals surface area (Å²) in [4.78, 5) is 25.2. The summed E-state index contributed by atoms with van der Waals surface area (Å²) in [5.41, 5.74) is 4.40. The van der Waals surface area contributed by atoms with E-state index in [0.717, 1.165) is 35.4 Å². The molecule has 1 aromatic heterocycles. The molecular formula is C22H27FN2O3. The Hall–Kier alpha value is -2.47. The number of hydrogen-bond donors (Lipinski definition) is 1. The van der Waals surface area contributed by atoms with Crippen LogP contribution in [0.15, 0.2) is 24.3 Å². The first-order valence-electron chi connectivity index (χ1n) is 9.67. The summed E-state index contributed by atoms with van der Waals surface area (Å²) in [6, 6.07) is 6.30. The van der Waals surface area contributed by atoms with Crippen molar-refractivity contribution >= 4 is 11.7 Å². The number of Topliss-reactive ketones (excluding diaryl/α,β-unsaturated/α-hetero) is 1. The molecule has 1 atom stereocenters. The lowest BCUT2D eigenvalue weighted by molar-refractivity contribution is -0.121. The second kappa shape index (κ2) is 8.69. The van der Waals surface area contributed by atoms with E-state index in [9.17, 15) is 14.0 Å². The van der Waals surface area contributed by atoms with Crippen LogP contribution in [0, 0.1) is 12.7 Å². The van der Waals surface area contributed by atoms with Gasteiger partial charge in [0.15, 0.2) is 5.78 Å². The fraction of sp³-hybridized carbons (Fsp3) is 0.455. The average Bonchev–Trinajstić information content (AvgIpc) is 2.90. The number of methoxy groups -OCH3 is 1. The van der Waals surface area contributed by atoms with Crippen LogP contribution in [-0.4, -0.2) is 36.0 Å². The summed E-state index contributed by atoms with van der Waals surface area (Å²) in [6.07, 6.45) is 2.31. The number of halogens is 1. The van der Waals surface area contributed by atoms with Gasteiger partial charge in [0.25, 0.3) is 0 Å². The number of fused-ring (bicyclic) bond motifs is 1. The molecule has 150 valence electrons.